The van der Waals surface area contributed by atoms with Crippen LogP contribution in [-0.2, 0) is 4.74 Å². The smallest absolute Gasteiger partial charge is 0.373 e. The van der Waals surface area contributed by atoms with E-state index in [-0.39, 0.29) is 11.5 Å². The van der Waals surface area contributed by atoms with Crippen LogP contribution in [-0.4, -0.2) is 18.2 Å². The van der Waals surface area contributed by atoms with E-state index in [1.54, 1.807) is 6.07 Å². The van der Waals surface area contributed by atoms with E-state index >= 15 is 0 Å². The normalized spacial score (nSPS) is 10.7. The highest BCUT2D eigenvalue weighted by Crippen LogP contribution is 2.39. The Morgan fingerprint density at radius 2 is 2.12 bits per heavy atom. The first kappa shape index (κ1) is 11.5. The van der Waals surface area contributed by atoms with Crippen LogP contribution in [0.4, 0.5) is 0 Å². The van der Waals surface area contributed by atoms with E-state index in [1.807, 2.05) is 0 Å². The number of hydrogen-bond acceptors (Lipinski definition) is 4. The number of phenolic OH excluding ortho intramolecular Hbond substituents is 1. The summed E-state index contributed by atoms with van der Waals surface area (Å²) in [5, 5.41) is 10.3. The predicted molar refractivity (Wildman–Crippen MR) is 64.6 cm³/mol. The molecule has 0 fully saturated rings. The first-order chi connectivity index (χ1) is 7.54. The van der Waals surface area contributed by atoms with Crippen LogP contribution in [0.3, 0.4) is 0 Å². The Balaban J connectivity index is 2.71. The Labute approximate surface area is 107 Å². The van der Waals surface area contributed by atoms with Crippen LogP contribution in [0.1, 0.15) is 10.6 Å². The van der Waals surface area contributed by atoms with Crippen molar-refractivity contribution in [3.05, 3.63) is 26.8 Å². The van der Waals surface area contributed by atoms with Gasteiger partial charge in [-0.2, -0.15) is 0 Å². The molecule has 4 nitrogen and oxygen atoms in total. The van der Waals surface area contributed by atoms with Crippen LogP contribution in [0.2, 0.25) is 0 Å². The van der Waals surface area contributed by atoms with Crippen molar-refractivity contribution in [1.82, 2.24) is 0 Å². The molecule has 0 unspecified atom stereocenters. The number of methoxy groups -OCH3 is 1. The number of rotatable bonds is 1. The molecule has 0 saturated carbocycles. The monoisotopic (exact) mass is 348 g/mol. The molecule has 1 aromatic heterocycles. The molecule has 1 heterocycles. The Morgan fingerprint density at radius 3 is 2.75 bits per heavy atom. The molecule has 0 radical (unpaired) electrons. The van der Waals surface area contributed by atoms with Gasteiger partial charge in [0.05, 0.1) is 16.1 Å². The number of halogens is 2. The van der Waals surface area contributed by atoms with Gasteiger partial charge >= 0.3 is 5.97 Å². The van der Waals surface area contributed by atoms with Crippen molar-refractivity contribution in [2.24, 2.45) is 0 Å². The molecule has 0 spiro atoms. The molecule has 1 N–H and O–H groups in total. The van der Waals surface area contributed by atoms with Gasteiger partial charge in [-0.25, -0.2) is 4.79 Å². The Bertz CT molecular complexity index is 574. The van der Waals surface area contributed by atoms with Gasteiger partial charge in [0, 0.05) is 11.5 Å². The Morgan fingerprint density at radius 1 is 1.44 bits per heavy atom. The zero-order valence-corrected chi connectivity index (χ0v) is 11.3. The third-order valence-electron chi connectivity index (χ3n) is 2.08. The van der Waals surface area contributed by atoms with Crippen LogP contribution in [0.25, 0.3) is 11.0 Å². The fourth-order valence-corrected chi connectivity index (χ4v) is 2.50. The molecule has 84 valence electrons. The molecule has 0 saturated heterocycles. The summed E-state index contributed by atoms with van der Waals surface area (Å²) < 4.78 is 10.8. The van der Waals surface area contributed by atoms with Gasteiger partial charge in [0.2, 0.25) is 5.76 Å². The van der Waals surface area contributed by atoms with Crippen LogP contribution in [0.15, 0.2) is 25.5 Å². The van der Waals surface area contributed by atoms with Gasteiger partial charge in [-0.1, -0.05) is 0 Å². The third kappa shape index (κ3) is 1.72. The lowest BCUT2D eigenvalue weighted by molar-refractivity contribution is 0.0567. The summed E-state index contributed by atoms with van der Waals surface area (Å²) in [6.45, 7) is 0. The fourth-order valence-electron chi connectivity index (χ4n) is 1.30. The highest BCUT2D eigenvalue weighted by atomic mass is 79.9. The van der Waals surface area contributed by atoms with E-state index in [2.05, 4.69) is 36.6 Å². The van der Waals surface area contributed by atoms with Crippen molar-refractivity contribution >= 4 is 48.8 Å². The topological polar surface area (TPSA) is 59.7 Å². The van der Waals surface area contributed by atoms with E-state index in [1.165, 1.54) is 13.2 Å². The quantitative estimate of drug-likeness (QED) is 0.801. The number of hydrogen-bond donors (Lipinski definition) is 1. The zero-order chi connectivity index (χ0) is 11.9. The van der Waals surface area contributed by atoms with E-state index in [4.69, 9.17) is 4.42 Å². The van der Waals surface area contributed by atoms with Crippen molar-refractivity contribution in [3.63, 3.8) is 0 Å². The lowest BCUT2D eigenvalue weighted by atomic mass is 10.2. The maximum absolute atomic E-state index is 11.3. The van der Waals surface area contributed by atoms with Crippen molar-refractivity contribution in [2.45, 2.75) is 0 Å². The molecule has 0 aliphatic rings. The van der Waals surface area contributed by atoms with Crippen LogP contribution in [0, 0.1) is 0 Å². The van der Waals surface area contributed by atoms with E-state index in [0.717, 1.165) is 0 Å². The molecule has 2 aromatic rings. The number of aromatic hydroxyl groups is 1. The minimum absolute atomic E-state index is 0.0599. The average Bonchev–Trinajstić information content (AvgIpc) is 2.69. The lowest BCUT2D eigenvalue weighted by Crippen LogP contribution is -1.97. The summed E-state index contributed by atoms with van der Waals surface area (Å²) in [4.78, 5) is 11.3. The second-order valence-corrected chi connectivity index (χ2v) is 4.68. The Kier molecular flexibility index (Phi) is 2.94. The number of benzene rings is 1. The molecular formula is C10H6Br2O4. The van der Waals surface area contributed by atoms with Crippen molar-refractivity contribution < 1.29 is 19.1 Å². The van der Waals surface area contributed by atoms with E-state index in [9.17, 15) is 9.90 Å². The van der Waals surface area contributed by atoms with Crippen molar-refractivity contribution in [1.29, 1.82) is 0 Å². The summed E-state index contributed by atoms with van der Waals surface area (Å²) in [7, 11) is 1.28. The first-order valence-electron chi connectivity index (χ1n) is 4.23. The molecule has 0 aliphatic carbocycles. The molecule has 1 aromatic carbocycles. The second kappa shape index (κ2) is 4.10. The van der Waals surface area contributed by atoms with Gasteiger partial charge in [-0.15, -0.1) is 0 Å². The number of furan rings is 1. The molecular weight excluding hydrogens is 344 g/mol. The molecule has 0 amide bonds. The van der Waals surface area contributed by atoms with E-state index < -0.39 is 5.97 Å². The highest BCUT2D eigenvalue weighted by Gasteiger charge is 2.17. The molecule has 0 bridgehead atoms. The van der Waals surface area contributed by atoms with Gasteiger partial charge in [0.1, 0.15) is 11.3 Å². The minimum atomic E-state index is -0.557. The van der Waals surface area contributed by atoms with Gasteiger partial charge < -0.3 is 14.3 Å². The minimum Gasteiger partial charge on any atom is -0.506 e. The standard InChI is InChI=1S/C10H6Br2O4/c1-15-10(14)7-2-4-6(16-7)3-5(11)9(13)8(4)12/h2-3,13H,1H3. The molecule has 6 heteroatoms. The van der Waals surface area contributed by atoms with Gasteiger partial charge in [0.15, 0.2) is 0 Å². The van der Waals surface area contributed by atoms with Crippen LogP contribution >= 0.6 is 31.9 Å². The summed E-state index contributed by atoms with van der Waals surface area (Å²) in [6, 6.07) is 3.10. The first-order valence-corrected chi connectivity index (χ1v) is 5.82. The Hall–Kier alpha value is -1.01. The van der Waals surface area contributed by atoms with Gasteiger partial charge in [0.25, 0.3) is 0 Å². The number of esters is 1. The highest BCUT2D eigenvalue weighted by molar-refractivity contribution is 9.11. The fraction of sp³-hybridized carbons (Fsp3) is 0.100. The van der Waals surface area contributed by atoms with Gasteiger partial charge in [-0.05, 0) is 37.9 Å². The number of fused-ring (bicyclic) bond motifs is 1. The number of carbonyl (C=O) groups excluding carboxylic acids is 1. The summed E-state index contributed by atoms with van der Waals surface area (Å²) in [6.07, 6.45) is 0. The zero-order valence-electron chi connectivity index (χ0n) is 8.08. The number of phenols is 1. The largest absolute Gasteiger partial charge is 0.506 e. The van der Waals surface area contributed by atoms with Gasteiger partial charge in [-0.3, -0.25) is 0 Å². The second-order valence-electron chi connectivity index (χ2n) is 3.04. The van der Waals surface area contributed by atoms with Crippen molar-refractivity contribution in [2.75, 3.05) is 7.11 Å². The molecule has 0 aliphatic heterocycles. The molecule has 16 heavy (non-hydrogen) atoms. The third-order valence-corrected chi connectivity index (χ3v) is 3.48. The number of carbonyl (C=O) groups is 1. The van der Waals surface area contributed by atoms with Crippen LogP contribution < -0.4 is 0 Å². The maximum atomic E-state index is 11.3. The van der Waals surface area contributed by atoms with Crippen molar-refractivity contribution in [3.8, 4) is 5.75 Å². The molecule has 0 atom stereocenters. The maximum Gasteiger partial charge on any atom is 0.373 e. The predicted octanol–water partition coefficient (Wildman–Crippen LogP) is 3.45. The lowest BCUT2D eigenvalue weighted by Gasteiger charge is -1.99. The van der Waals surface area contributed by atoms with E-state index in [0.29, 0.717) is 19.9 Å². The molecule has 2 rings (SSSR count). The summed E-state index contributed by atoms with van der Waals surface area (Å²) in [5.41, 5.74) is 0.483. The summed E-state index contributed by atoms with van der Waals surface area (Å²) in [5.74, 6) is -0.404. The SMILES string of the molecule is COC(=O)c1cc2c(Br)c(O)c(Br)cc2o1. The average molecular weight is 350 g/mol. The number of ether oxygens (including phenoxy) is 1. The van der Waals surface area contributed by atoms with Crippen LogP contribution in [0.5, 0.6) is 5.75 Å². The summed E-state index contributed by atoms with van der Waals surface area (Å²) >= 11 is 6.40.